The summed E-state index contributed by atoms with van der Waals surface area (Å²) in [7, 11) is 0. The first kappa shape index (κ1) is 12.4. The van der Waals surface area contributed by atoms with E-state index < -0.39 is 0 Å². The molecule has 0 amide bonds. The minimum Gasteiger partial charge on any atom is -0.261 e. The minimum atomic E-state index is 0.643. The Balaban J connectivity index is 1.91. The second-order valence-corrected chi connectivity index (χ2v) is 4.70. The highest BCUT2D eigenvalue weighted by atomic mass is 14.9. The third-order valence-electron chi connectivity index (χ3n) is 3.02. The van der Waals surface area contributed by atoms with E-state index in [0.717, 1.165) is 28.1 Å². The second kappa shape index (κ2) is 5.17. The van der Waals surface area contributed by atoms with Gasteiger partial charge in [-0.2, -0.15) is 0 Å². The second-order valence-electron chi connectivity index (χ2n) is 4.70. The minimum absolute atomic E-state index is 0.643. The van der Waals surface area contributed by atoms with Crippen LogP contribution in [0.1, 0.15) is 11.3 Å². The molecule has 0 fully saturated rings. The van der Waals surface area contributed by atoms with Gasteiger partial charge in [0.15, 0.2) is 5.82 Å². The van der Waals surface area contributed by atoms with Crippen LogP contribution in [-0.2, 0) is 0 Å². The Morgan fingerprint density at radius 1 is 0.650 bits per heavy atom. The van der Waals surface area contributed by atoms with Gasteiger partial charge >= 0.3 is 0 Å². The van der Waals surface area contributed by atoms with Crippen LogP contribution in [0.4, 0.5) is 0 Å². The molecular formula is C16H14N4. The third kappa shape index (κ3) is 2.54. The summed E-state index contributed by atoms with van der Waals surface area (Å²) in [5, 5.41) is 0. The zero-order valence-electron chi connectivity index (χ0n) is 11.4. The maximum absolute atomic E-state index is 4.42. The van der Waals surface area contributed by atoms with Gasteiger partial charge in [0.05, 0.1) is 0 Å². The first-order valence-electron chi connectivity index (χ1n) is 6.40. The van der Waals surface area contributed by atoms with Crippen LogP contribution >= 0.6 is 0 Å². The zero-order valence-corrected chi connectivity index (χ0v) is 11.4. The molecule has 3 aromatic rings. The molecule has 0 saturated heterocycles. The van der Waals surface area contributed by atoms with E-state index in [1.54, 1.807) is 12.4 Å². The summed E-state index contributed by atoms with van der Waals surface area (Å²) < 4.78 is 0. The van der Waals surface area contributed by atoms with Gasteiger partial charge in [0.2, 0.25) is 0 Å². The van der Waals surface area contributed by atoms with Gasteiger partial charge in [-0.3, -0.25) is 9.97 Å². The van der Waals surface area contributed by atoms with Crippen LogP contribution in [0.5, 0.6) is 0 Å². The number of rotatable bonds is 2. The first-order chi connectivity index (χ1) is 9.72. The van der Waals surface area contributed by atoms with Crippen molar-refractivity contribution >= 4 is 0 Å². The standard InChI is InChI=1S/C16H14N4/c1-11-7-19-16(20-8-11)15-6-5-14(10-18-15)13-4-3-12(2)17-9-13/h3-10H,1-2H3. The molecule has 3 heterocycles. The SMILES string of the molecule is Cc1cnc(-c2ccc(-c3ccc(C)nc3)cn2)nc1. The molecule has 0 radical (unpaired) electrons. The van der Waals surface area contributed by atoms with Crippen LogP contribution in [0.2, 0.25) is 0 Å². The summed E-state index contributed by atoms with van der Waals surface area (Å²) in [4.78, 5) is 17.3. The molecule has 4 nitrogen and oxygen atoms in total. The topological polar surface area (TPSA) is 51.6 Å². The van der Waals surface area contributed by atoms with E-state index in [4.69, 9.17) is 0 Å². The Hall–Kier alpha value is -2.62. The van der Waals surface area contributed by atoms with Crippen molar-refractivity contribution in [3.05, 3.63) is 60.3 Å². The van der Waals surface area contributed by atoms with Gasteiger partial charge in [0.25, 0.3) is 0 Å². The average molecular weight is 262 g/mol. The molecule has 0 aliphatic rings. The Kier molecular flexibility index (Phi) is 3.21. The number of aromatic nitrogens is 4. The van der Waals surface area contributed by atoms with Crippen LogP contribution in [0, 0.1) is 13.8 Å². The Morgan fingerprint density at radius 2 is 1.30 bits per heavy atom. The molecule has 0 N–H and O–H groups in total. The molecule has 4 heteroatoms. The number of hydrogen-bond acceptors (Lipinski definition) is 4. The maximum atomic E-state index is 4.42. The van der Waals surface area contributed by atoms with Gasteiger partial charge in [-0.05, 0) is 31.5 Å². The van der Waals surface area contributed by atoms with Gasteiger partial charge in [-0.1, -0.05) is 12.1 Å². The summed E-state index contributed by atoms with van der Waals surface area (Å²) >= 11 is 0. The highest BCUT2D eigenvalue weighted by Gasteiger charge is 2.04. The highest BCUT2D eigenvalue weighted by molar-refractivity contribution is 5.63. The van der Waals surface area contributed by atoms with E-state index in [9.17, 15) is 0 Å². The van der Waals surface area contributed by atoms with E-state index >= 15 is 0 Å². The van der Waals surface area contributed by atoms with Gasteiger partial charge in [0, 0.05) is 41.6 Å². The van der Waals surface area contributed by atoms with Gasteiger partial charge in [0.1, 0.15) is 5.69 Å². The molecule has 3 rings (SSSR count). The molecule has 3 aromatic heterocycles. The van der Waals surface area contributed by atoms with E-state index in [1.165, 1.54) is 0 Å². The number of aryl methyl sites for hydroxylation is 2. The van der Waals surface area contributed by atoms with Gasteiger partial charge in [-0.25, -0.2) is 9.97 Å². The smallest absolute Gasteiger partial charge is 0.178 e. The lowest BCUT2D eigenvalue weighted by molar-refractivity contribution is 1.11. The lowest BCUT2D eigenvalue weighted by Gasteiger charge is -2.03. The van der Waals surface area contributed by atoms with Crippen molar-refractivity contribution in [2.75, 3.05) is 0 Å². The van der Waals surface area contributed by atoms with Crippen molar-refractivity contribution in [3.8, 4) is 22.6 Å². The molecule has 0 aliphatic heterocycles. The molecule has 0 spiro atoms. The number of hydrogen-bond donors (Lipinski definition) is 0. The van der Waals surface area contributed by atoms with Crippen LogP contribution < -0.4 is 0 Å². The van der Waals surface area contributed by atoms with Crippen LogP contribution in [0.25, 0.3) is 22.6 Å². The summed E-state index contributed by atoms with van der Waals surface area (Å²) in [5.74, 6) is 0.643. The van der Waals surface area contributed by atoms with E-state index in [2.05, 4.69) is 19.9 Å². The lowest BCUT2D eigenvalue weighted by Crippen LogP contribution is -1.92. The molecule has 0 unspecified atom stereocenters. The fourth-order valence-electron chi connectivity index (χ4n) is 1.86. The van der Waals surface area contributed by atoms with Crippen molar-refractivity contribution in [2.24, 2.45) is 0 Å². The number of pyridine rings is 2. The largest absolute Gasteiger partial charge is 0.261 e. The predicted molar refractivity (Wildman–Crippen MR) is 78.0 cm³/mol. The summed E-state index contributed by atoms with van der Waals surface area (Å²) in [5.41, 5.74) is 4.91. The number of nitrogens with zero attached hydrogens (tertiary/aromatic N) is 4. The van der Waals surface area contributed by atoms with Crippen LogP contribution in [-0.4, -0.2) is 19.9 Å². The predicted octanol–water partition coefficient (Wildman–Crippen LogP) is 3.22. The summed E-state index contributed by atoms with van der Waals surface area (Å²) in [6.07, 6.45) is 7.27. The van der Waals surface area contributed by atoms with Crippen molar-refractivity contribution in [2.45, 2.75) is 13.8 Å². The molecule has 20 heavy (non-hydrogen) atoms. The first-order valence-corrected chi connectivity index (χ1v) is 6.40. The van der Waals surface area contributed by atoms with Crippen molar-refractivity contribution in [1.82, 2.24) is 19.9 Å². The monoisotopic (exact) mass is 262 g/mol. The molecule has 0 aromatic carbocycles. The Morgan fingerprint density at radius 3 is 1.85 bits per heavy atom. The van der Waals surface area contributed by atoms with E-state index in [1.807, 2.05) is 50.5 Å². The molecule has 0 atom stereocenters. The van der Waals surface area contributed by atoms with Crippen molar-refractivity contribution in [3.63, 3.8) is 0 Å². The van der Waals surface area contributed by atoms with E-state index in [0.29, 0.717) is 5.82 Å². The normalized spacial score (nSPS) is 10.5. The van der Waals surface area contributed by atoms with Crippen LogP contribution in [0.3, 0.4) is 0 Å². The Labute approximate surface area is 117 Å². The fourth-order valence-corrected chi connectivity index (χ4v) is 1.86. The van der Waals surface area contributed by atoms with E-state index in [-0.39, 0.29) is 0 Å². The molecule has 98 valence electrons. The lowest BCUT2D eigenvalue weighted by atomic mass is 10.1. The van der Waals surface area contributed by atoms with Gasteiger partial charge in [-0.15, -0.1) is 0 Å². The average Bonchev–Trinajstić information content (AvgIpc) is 2.49. The van der Waals surface area contributed by atoms with Gasteiger partial charge < -0.3 is 0 Å². The van der Waals surface area contributed by atoms with Crippen LogP contribution in [0.15, 0.2) is 49.1 Å². The fraction of sp³-hybridized carbons (Fsp3) is 0.125. The highest BCUT2D eigenvalue weighted by Crippen LogP contribution is 2.20. The zero-order chi connectivity index (χ0) is 13.9. The molecule has 0 bridgehead atoms. The van der Waals surface area contributed by atoms with Crippen molar-refractivity contribution in [1.29, 1.82) is 0 Å². The molecular weight excluding hydrogens is 248 g/mol. The molecule has 0 saturated carbocycles. The quantitative estimate of drug-likeness (QED) is 0.711. The summed E-state index contributed by atoms with van der Waals surface area (Å²) in [6, 6.07) is 7.98. The maximum Gasteiger partial charge on any atom is 0.178 e. The van der Waals surface area contributed by atoms with Crippen molar-refractivity contribution < 1.29 is 0 Å². The summed E-state index contributed by atoms with van der Waals surface area (Å²) in [6.45, 7) is 3.94. The molecule has 0 aliphatic carbocycles. The third-order valence-corrected chi connectivity index (χ3v) is 3.02. The Bertz CT molecular complexity index is 636.